The van der Waals surface area contributed by atoms with E-state index in [0.717, 1.165) is 5.56 Å². The molecule has 0 fully saturated rings. The minimum Gasteiger partial charge on any atom is -0.444 e. The lowest BCUT2D eigenvalue weighted by Gasteiger charge is -2.19. The molecule has 1 rings (SSSR count). The average Bonchev–Trinajstić information content (AvgIpc) is 2.74. The molecule has 1 heterocycles. The van der Waals surface area contributed by atoms with Crippen molar-refractivity contribution in [3.8, 4) is 17.9 Å². The van der Waals surface area contributed by atoms with Crippen molar-refractivity contribution in [2.45, 2.75) is 32.8 Å². The van der Waals surface area contributed by atoms with E-state index < -0.39 is 11.7 Å². The number of nitrogens with one attached hydrogen (secondary N) is 1. The lowest BCUT2D eigenvalue weighted by molar-refractivity contribution is 0.0529. The van der Waals surface area contributed by atoms with Crippen LogP contribution in [0, 0.1) is 23.2 Å². The molecule has 100 valence electrons. The van der Waals surface area contributed by atoms with Crippen molar-refractivity contribution < 1.29 is 9.53 Å². The summed E-state index contributed by atoms with van der Waals surface area (Å²) in [4.78, 5) is 12.0. The number of nitriles is 1. The minimum absolute atomic E-state index is 0.434. The number of rotatable bonds is 2. The third kappa shape index (κ3) is 6.49. The van der Waals surface area contributed by atoms with Crippen LogP contribution in [0.15, 0.2) is 11.4 Å². The number of alkyl carbamates (subject to hydrolysis) is 1. The Bertz CT molecular complexity index is 538. The number of nitrogens with zero attached hydrogens (tertiary/aromatic N) is 1. The highest BCUT2D eigenvalue weighted by molar-refractivity contribution is 7.10. The number of thiophene rings is 1. The second-order valence-corrected chi connectivity index (χ2v) is 5.70. The standard InChI is InChI=1S/C14H16N2O2S/c1-14(2,3)18-13(17)16-7-5-4-6-11-8-12(9-15)19-10-11/h8,10H,5,7H2,1-3H3,(H,16,17). The molecular weight excluding hydrogens is 260 g/mol. The van der Waals surface area contributed by atoms with E-state index in [2.05, 4.69) is 23.2 Å². The molecule has 1 amide bonds. The summed E-state index contributed by atoms with van der Waals surface area (Å²) >= 11 is 1.37. The van der Waals surface area contributed by atoms with Gasteiger partial charge in [0.2, 0.25) is 0 Å². The number of ether oxygens (including phenoxy) is 1. The van der Waals surface area contributed by atoms with Gasteiger partial charge in [0.05, 0.1) is 0 Å². The molecule has 0 aliphatic heterocycles. The van der Waals surface area contributed by atoms with Gasteiger partial charge in [-0.25, -0.2) is 4.79 Å². The van der Waals surface area contributed by atoms with Crippen LogP contribution in [0.4, 0.5) is 4.79 Å². The second kappa shape index (κ2) is 6.82. The molecule has 0 saturated heterocycles. The average molecular weight is 276 g/mol. The normalized spacial score (nSPS) is 10.0. The van der Waals surface area contributed by atoms with Gasteiger partial charge >= 0.3 is 6.09 Å². The molecule has 0 aliphatic carbocycles. The summed E-state index contributed by atoms with van der Waals surface area (Å²) in [5.74, 6) is 5.87. The fourth-order valence-electron chi connectivity index (χ4n) is 1.17. The Morgan fingerprint density at radius 2 is 2.26 bits per heavy atom. The van der Waals surface area contributed by atoms with E-state index in [0.29, 0.717) is 17.8 Å². The van der Waals surface area contributed by atoms with Crippen LogP contribution in [-0.2, 0) is 4.74 Å². The number of hydrogen-bond donors (Lipinski definition) is 1. The molecule has 0 aromatic carbocycles. The van der Waals surface area contributed by atoms with Crippen LogP contribution in [-0.4, -0.2) is 18.2 Å². The van der Waals surface area contributed by atoms with Gasteiger partial charge in [0, 0.05) is 23.9 Å². The van der Waals surface area contributed by atoms with E-state index >= 15 is 0 Å². The maximum Gasteiger partial charge on any atom is 0.407 e. The van der Waals surface area contributed by atoms with Crippen LogP contribution >= 0.6 is 11.3 Å². The predicted molar refractivity (Wildman–Crippen MR) is 74.8 cm³/mol. The van der Waals surface area contributed by atoms with Crippen LogP contribution in [0.1, 0.15) is 37.6 Å². The van der Waals surface area contributed by atoms with Crippen molar-refractivity contribution in [1.29, 1.82) is 5.26 Å². The predicted octanol–water partition coefficient (Wildman–Crippen LogP) is 2.89. The zero-order valence-electron chi connectivity index (χ0n) is 11.2. The van der Waals surface area contributed by atoms with Crippen LogP contribution in [0.2, 0.25) is 0 Å². The molecule has 1 aromatic heterocycles. The third-order valence-corrected chi connectivity index (χ3v) is 2.70. The van der Waals surface area contributed by atoms with Crippen molar-refractivity contribution in [2.24, 2.45) is 0 Å². The first-order valence-corrected chi connectivity index (χ1v) is 6.73. The van der Waals surface area contributed by atoms with Gasteiger partial charge in [0.1, 0.15) is 16.5 Å². The smallest absolute Gasteiger partial charge is 0.407 e. The summed E-state index contributed by atoms with van der Waals surface area (Å²) < 4.78 is 5.09. The van der Waals surface area contributed by atoms with Gasteiger partial charge in [-0.2, -0.15) is 5.26 Å². The number of carbonyl (C=O) groups excluding carboxylic acids is 1. The summed E-state index contributed by atoms with van der Waals surface area (Å²) in [6.07, 6.45) is 0.105. The Morgan fingerprint density at radius 1 is 1.53 bits per heavy atom. The Morgan fingerprint density at radius 3 is 2.84 bits per heavy atom. The number of carbonyl (C=O) groups is 1. The minimum atomic E-state index is -0.486. The highest BCUT2D eigenvalue weighted by atomic mass is 32.1. The van der Waals surface area contributed by atoms with Crippen molar-refractivity contribution in [3.63, 3.8) is 0 Å². The fraction of sp³-hybridized carbons (Fsp3) is 0.429. The van der Waals surface area contributed by atoms with Crippen molar-refractivity contribution in [3.05, 3.63) is 21.9 Å². The highest BCUT2D eigenvalue weighted by Gasteiger charge is 2.15. The molecule has 1 aromatic rings. The maximum absolute atomic E-state index is 11.3. The molecule has 0 saturated carbocycles. The molecule has 5 heteroatoms. The van der Waals surface area contributed by atoms with Crippen LogP contribution in [0.3, 0.4) is 0 Å². The molecule has 0 spiro atoms. The molecule has 1 N–H and O–H groups in total. The third-order valence-electron chi connectivity index (χ3n) is 1.86. The Kier molecular flexibility index (Phi) is 5.41. The molecule has 0 aliphatic rings. The van der Waals surface area contributed by atoms with Crippen molar-refractivity contribution >= 4 is 17.4 Å². The molecule has 0 unspecified atom stereocenters. The van der Waals surface area contributed by atoms with E-state index in [4.69, 9.17) is 10.00 Å². The van der Waals surface area contributed by atoms with Crippen molar-refractivity contribution in [2.75, 3.05) is 6.54 Å². The van der Waals surface area contributed by atoms with E-state index in [-0.39, 0.29) is 0 Å². The monoisotopic (exact) mass is 276 g/mol. The number of amides is 1. The van der Waals surface area contributed by atoms with Gasteiger partial charge in [-0.05, 0) is 26.8 Å². The second-order valence-electron chi connectivity index (χ2n) is 4.79. The topological polar surface area (TPSA) is 62.1 Å². The van der Waals surface area contributed by atoms with E-state index in [1.54, 1.807) is 6.07 Å². The van der Waals surface area contributed by atoms with Crippen LogP contribution in [0.5, 0.6) is 0 Å². The molecular formula is C14H16N2O2S. The number of hydrogen-bond acceptors (Lipinski definition) is 4. The van der Waals surface area contributed by atoms with E-state index in [1.165, 1.54) is 11.3 Å². The first kappa shape index (κ1) is 15.1. The van der Waals surface area contributed by atoms with Crippen LogP contribution in [0.25, 0.3) is 0 Å². The summed E-state index contributed by atoms with van der Waals surface area (Å²) in [6, 6.07) is 3.81. The summed E-state index contributed by atoms with van der Waals surface area (Å²) in [5.41, 5.74) is 0.346. The van der Waals surface area contributed by atoms with Gasteiger partial charge in [0.25, 0.3) is 0 Å². The summed E-state index contributed by atoms with van der Waals surface area (Å²) in [7, 11) is 0. The van der Waals surface area contributed by atoms with Crippen molar-refractivity contribution in [1.82, 2.24) is 5.32 Å². The molecule has 0 radical (unpaired) electrons. The summed E-state index contributed by atoms with van der Waals surface area (Å²) in [5, 5.41) is 13.1. The van der Waals surface area contributed by atoms with Gasteiger partial charge in [-0.15, -0.1) is 11.3 Å². The van der Waals surface area contributed by atoms with E-state index in [9.17, 15) is 4.79 Å². The Labute approximate surface area is 117 Å². The SMILES string of the molecule is CC(C)(C)OC(=O)NCCC#Cc1csc(C#N)c1. The van der Waals surface area contributed by atoms with Gasteiger partial charge < -0.3 is 10.1 Å². The Balaban J connectivity index is 2.28. The van der Waals surface area contributed by atoms with Gasteiger partial charge in [-0.3, -0.25) is 0 Å². The molecule has 0 bridgehead atoms. The summed E-state index contributed by atoms with van der Waals surface area (Å²) in [6.45, 7) is 5.89. The highest BCUT2D eigenvalue weighted by Crippen LogP contribution is 2.11. The molecule has 19 heavy (non-hydrogen) atoms. The maximum atomic E-state index is 11.3. The largest absolute Gasteiger partial charge is 0.444 e. The lowest BCUT2D eigenvalue weighted by Crippen LogP contribution is -2.32. The molecule has 0 atom stereocenters. The van der Waals surface area contributed by atoms with Gasteiger partial charge in [0.15, 0.2) is 0 Å². The van der Waals surface area contributed by atoms with Gasteiger partial charge in [-0.1, -0.05) is 11.8 Å². The molecule has 4 nitrogen and oxygen atoms in total. The van der Waals surface area contributed by atoms with Crippen LogP contribution < -0.4 is 5.32 Å². The fourth-order valence-corrected chi connectivity index (χ4v) is 1.79. The zero-order chi connectivity index (χ0) is 14.3. The Hall–Kier alpha value is -1.98. The quantitative estimate of drug-likeness (QED) is 0.667. The zero-order valence-corrected chi connectivity index (χ0v) is 12.1. The first-order chi connectivity index (χ1) is 8.90. The first-order valence-electron chi connectivity index (χ1n) is 5.85. The lowest BCUT2D eigenvalue weighted by atomic mass is 10.2. The van der Waals surface area contributed by atoms with E-state index in [1.807, 2.05) is 26.2 Å².